The fourth-order valence-corrected chi connectivity index (χ4v) is 4.65. The van der Waals surface area contributed by atoms with E-state index in [1.54, 1.807) is 0 Å². The summed E-state index contributed by atoms with van der Waals surface area (Å²) >= 11 is 0. The number of benzene rings is 3. The largest absolute Gasteiger partial charge is 0.481 e. The second-order valence-electron chi connectivity index (χ2n) is 8.78. The summed E-state index contributed by atoms with van der Waals surface area (Å²) in [5.74, 6) is -1.56. The molecular formula is C29H29NO5. The molecule has 3 aromatic rings. The summed E-state index contributed by atoms with van der Waals surface area (Å²) in [4.78, 5) is 36.5. The van der Waals surface area contributed by atoms with Crippen LogP contribution in [-0.4, -0.2) is 35.6 Å². The maximum absolute atomic E-state index is 12.7. The zero-order chi connectivity index (χ0) is 24.6. The minimum absolute atomic E-state index is 0.102. The molecule has 2 N–H and O–H groups in total. The molecule has 35 heavy (non-hydrogen) atoms. The maximum Gasteiger partial charge on any atom is 0.407 e. The van der Waals surface area contributed by atoms with Crippen molar-refractivity contribution in [1.29, 1.82) is 0 Å². The topological polar surface area (TPSA) is 92.7 Å². The predicted molar refractivity (Wildman–Crippen MR) is 133 cm³/mol. The van der Waals surface area contributed by atoms with Gasteiger partial charge in [-0.3, -0.25) is 9.59 Å². The molecule has 1 aliphatic rings. The molecule has 0 bridgehead atoms. The number of carbonyl (C=O) groups is 3. The summed E-state index contributed by atoms with van der Waals surface area (Å²) in [5.41, 5.74) is 5.59. The van der Waals surface area contributed by atoms with E-state index in [0.717, 1.165) is 35.1 Å². The molecule has 0 heterocycles. The van der Waals surface area contributed by atoms with Gasteiger partial charge in [-0.05, 0) is 47.1 Å². The molecular weight excluding hydrogens is 442 g/mol. The Balaban J connectivity index is 1.31. The van der Waals surface area contributed by atoms with Crippen LogP contribution in [0.2, 0.25) is 0 Å². The van der Waals surface area contributed by atoms with Crippen molar-refractivity contribution in [3.8, 4) is 11.1 Å². The van der Waals surface area contributed by atoms with Gasteiger partial charge in [0.05, 0.1) is 6.42 Å². The first kappa shape index (κ1) is 24.2. The van der Waals surface area contributed by atoms with Gasteiger partial charge in [-0.1, -0.05) is 78.9 Å². The number of nitrogens with one attached hydrogen (secondary N) is 1. The van der Waals surface area contributed by atoms with Crippen LogP contribution in [0.3, 0.4) is 0 Å². The molecule has 0 aliphatic heterocycles. The van der Waals surface area contributed by atoms with Crippen molar-refractivity contribution in [2.45, 2.75) is 44.1 Å². The third-order valence-electron chi connectivity index (χ3n) is 6.38. The average Bonchev–Trinajstić information content (AvgIpc) is 3.19. The number of fused-ring (bicyclic) bond motifs is 3. The summed E-state index contributed by atoms with van der Waals surface area (Å²) in [7, 11) is 0. The van der Waals surface area contributed by atoms with E-state index < -0.39 is 24.5 Å². The minimum atomic E-state index is -1.15. The summed E-state index contributed by atoms with van der Waals surface area (Å²) in [6.07, 6.45) is 1.22. The molecule has 1 amide bonds. The number of hydrogen-bond donors (Lipinski definition) is 2. The van der Waals surface area contributed by atoms with Crippen molar-refractivity contribution >= 4 is 17.8 Å². The normalized spacial score (nSPS) is 12.9. The number of carboxylic acid groups (broad SMARTS) is 1. The molecule has 0 spiro atoms. The van der Waals surface area contributed by atoms with Crippen LogP contribution in [0.5, 0.6) is 0 Å². The Labute approximate surface area is 204 Å². The molecule has 4 rings (SSSR count). The van der Waals surface area contributed by atoms with Crippen LogP contribution in [0.1, 0.15) is 48.3 Å². The zero-order valence-corrected chi connectivity index (χ0v) is 19.5. The predicted octanol–water partition coefficient (Wildman–Crippen LogP) is 5.35. The van der Waals surface area contributed by atoms with Crippen LogP contribution in [0, 0.1) is 0 Å². The molecule has 180 valence electrons. The van der Waals surface area contributed by atoms with Gasteiger partial charge in [0.25, 0.3) is 0 Å². The van der Waals surface area contributed by atoms with E-state index >= 15 is 0 Å². The molecule has 0 saturated carbocycles. The van der Waals surface area contributed by atoms with Gasteiger partial charge in [0.1, 0.15) is 12.6 Å². The summed E-state index contributed by atoms with van der Waals surface area (Å²) in [6, 6.07) is 24.9. The number of alkyl carbamates (subject to hydrolysis) is 1. The van der Waals surface area contributed by atoms with Gasteiger partial charge in [-0.15, -0.1) is 0 Å². The molecule has 6 heteroatoms. The van der Waals surface area contributed by atoms with Crippen molar-refractivity contribution in [3.05, 3.63) is 95.6 Å². The Morgan fingerprint density at radius 1 is 0.829 bits per heavy atom. The Bertz CT molecular complexity index is 1140. The highest BCUT2D eigenvalue weighted by molar-refractivity contribution is 5.90. The molecule has 1 atom stereocenters. The van der Waals surface area contributed by atoms with Crippen molar-refractivity contribution in [2.75, 3.05) is 6.61 Å². The van der Waals surface area contributed by atoms with Gasteiger partial charge in [0, 0.05) is 12.3 Å². The van der Waals surface area contributed by atoms with Crippen LogP contribution in [0.25, 0.3) is 11.1 Å². The molecule has 3 aromatic carbocycles. The Morgan fingerprint density at radius 3 is 2.06 bits per heavy atom. The van der Waals surface area contributed by atoms with Gasteiger partial charge in [0.15, 0.2) is 5.78 Å². The van der Waals surface area contributed by atoms with Gasteiger partial charge in [-0.2, -0.15) is 0 Å². The number of Topliss-reactive ketones (excluding diaryl/α,β-unsaturated/α-hetero) is 1. The number of unbranched alkanes of at least 4 members (excludes halogenated alkanes) is 1. The monoisotopic (exact) mass is 471 g/mol. The smallest absolute Gasteiger partial charge is 0.407 e. The number of ketones is 1. The molecule has 6 nitrogen and oxygen atoms in total. The SMILES string of the molecule is O=C(O)C[C@H](NC(=O)OCC1c2ccccc2-c2ccccc21)C(=O)CCCCc1ccccc1. The van der Waals surface area contributed by atoms with E-state index in [-0.39, 0.29) is 24.7 Å². The molecule has 0 aromatic heterocycles. The Kier molecular flexibility index (Phi) is 7.93. The van der Waals surface area contributed by atoms with Crippen LogP contribution < -0.4 is 5.32 Å². The second kappa shape index (κ2) is 11.5. The number of carboxylic acids is 1. The Morgan fingerprint density at radius 2 is 1.43 bits per heavy atom. The second-order valence-corrected chi connectivity index (χ2v) is 8.78. The van der Waals surface area contributed by atoms with Crippen molar-refractivity contribution < 1.29 is 24.2 Å². The third-order valence-corrected chi connectivity index (χ3v) is 6.38. The first-order valence-electron chi connectivity index (χ1n) is 11.9. The third kappa shape index (κ3) is 6.15. The van der Waals surface area contributed by atoms with E-state index in [1.807, 2.05) is 78.9 Å². The van der Waals surface area contributed by atoms with Crippen molar-refractivity contribution in [1.82, 2.24) is 5.32 Å². The van der Waals surface area contributed by atoms with Gasteiger partial charge < -0.3 is 15.2 Å². The van der Waals surface area contributed by atoms with Crippen LogP contribution in [0.4, 0.5) is 4.79 Å². The zero-order valence-electron chi connectivity index (χ0n) is 19.5. The highest BCUT2D eigenvalue weighted by Gasteiger charge is 2.30. The number of hydrogen-bond acceptors (Lipinski definition) is 4. The highest BCUT2D eigenvalue weighted by Crippen LogP contribution is 2.44. The summed E-state index contributed by atoms with van der Waals surface area (Å²) in [5, 5.41) is 11.7. The van der Waals surface area contributed by atoms with Gasteiger partial charge >= 0.3 is 12.1 Å². The maximum atomic E-state index is 12.7. The number of ether oxygens (including phenoxy) is 1. The lowest BCUT2D eigenvalue weighted by molar-refractivity contribution is -0.139. The molecule has 0 unspecified atom stereocenters. The van der Waals surface area contributed by atoms with Crippen molar-refractivity contribution in [3.63, 3.8) is 0 Å². The first-order valence-corrected chi connectivity index (χ1v) is 11.9. The van der Waals surface area contributed by atoms with Gasteiger partial charge in [-0.25, -0.2) is 4.79 Å². The van der Waals surface area contributed by atoms with E-state index in [0.29, 0.717) is 6.42 Å². The number of rotatable bonds is 11. The lowest BCUT2D eigenvalue weighted by Crippen LogP contribution is -2.42. The minimum Gasteiger partial charge on any atom is -0.481 e. The fraction of sp³-hybridized carbons (Fsp3) is 0.276. The summed E-state index contributed by atoms with van der Waals surface area (Å²) < 4.78 is 5.49. The molecule has 1 aliphatic carbocycles. The van der Waals surface area contributed by atoms with Crippen LogP contribution in [0.15, 0.2) is 78.9 Å². The van der Waals surface area contributed by atoms with E-state index in [4.69, 9.17) is 4.74 Å². The van der Waals surface area contributed by atoms with E-state index in [2.05, 4.69) is 5.32 Å². The highest BCUT2D eigenvalue weighted by atomic mass is 16.5. The lowest BCUT2D eigenvalue weighted by atomic mass is 9.98. The quantitative estimate of drug-likeness (QED) is 0.368. The van der Waals surface area contributed by atoms with E-state index in [9.17, 15) is 19.5 Å². The Hall–Kier alpha value is -3.93. The molecule has 0 saturated heterocycles. The van der Waals surface area contributed by atoms with Crippen LogP contribution >= 0.6 is 0 Å². The number of carbonyl (C=O) groups excluding carboxylic acids is 2. The van der Waals surface area contributed by atoms with Gasteiger partial charge in [0.2, 0.25) is 0 Å². The van der Waals surface area contributed by atoms with E-state index in [1.165, 1.54) is 5.56 Å². The first-order chi connectivity index (χ1) is 17.0. The lowest BCUT2D eigenvalue weighted by Gasteiger charge is -2.18. The standard InChI is InChI=1S/C29H29NO5/c31-27(17-9-4-12-20-10-2-1-3-11-20)26(18-28(32)33)30-29(34)35-19-25-23-15-7-5-13-21(23)22-14-6-8-16-24(22)25/h1-3,5-8,10-11,13-16,25-26H,4,9,12,17-19H2,(H,30,34)(H,32,33)/t26-/m0/s1. The summed E-state index contributed by atoms with van der Waals surface area (Å²) in [6.45, 7) is 0.102. The molecule has 0 radical (unpaired) electrons. The number of amides is 1. The molecule has 0 fully saturated rings. The number of aryl methyl sites for hydroxylation is 1. The number of aliphatic carboxylic acids is 1. The van der Waals surface area contributed by atoms with Crippen LogP contribution in [-0.2, 0) is 20.7 Å². The average molecular weight is 472 g/mol. The fourth-order valence-electron chi connectivity index (χ4n) is 4.65. The van der Waals surface area contributed by atoms with Crippen molar-refractivity contribution in [2.24, 2.45) is 0 Å².